The van der Waals surface area contributed by atoms with Gasteiger partial charge in [-0.15, -0.1) is 23.1 Å². The van der Waals surface area contributed by atoms with E-state index in [-0.39, 0.29) is 11.9 Å². The summed E-state index contributed by atoms with van der Waals surface area (Å²) in [7, 11) is 0. The summed E-state index contributed by atoms with van der Waals surface area (Å²) in [6.07, 6.45) is 2.34. The molecule has 6 heteroatoms. The Morgan fingerprint density at radius 2 is 2.26 bits per heavy atom. The normalized spacial score (nSPS) is 15.4. The van der Waals surface area contributed by atoms with Gasteiger partial charge in [-0.3, -0.25) is 4.79 Å². The van der Waals surface area contributed by atoms with Gasteiger partial charge >= 0.3 is 0 Å². The molecule has 1 saturated carbocycles. The third kappa shape index (κ3) is 4.34. The van der Waals surface area contributed by atoms with Gasteiger partial charge in [0, 0.05) is 28.6 Å². The summed E-state index contributed by atoms with van der Waals surface area (Å²) in [5.74, 6) is 1.31. The lowest BCUT2D eigenvalue weighted by atomic mass is 10.1. The summed E-state index contributed by atoms with van der Waals surface area (Å²) in [6, 6.07) is 7.84. The molecule has 3 N–H and O–H groups in total. The first-order chi connectivity index (χ1) is 11.2. The van der Waals surface area contributed by atoms with Gasteiger partial charge in [0.15, 0.2) is 0 Å². The molecular weight excluding hydrogens is 326 g/mol. The van der Waals surface area contributed by atoms with Crippen molar-refractivity contribution in [1.29, 1.82) is 0 Å². The number of nitrogens with zero attached hydrogens (tertiary/aromatic N) is 1. The van der Waals surface area contributed by atoms with Crippen LogP contribution in [0, 0.1) is 12.8 Å². The van der Waals surface area contributed by atoms with Crippen molar-refractivity contribution in [2.24, 2.45) is 11.7 Å². The Balaban J connectivity index is 1.67. The van der Waals surface area contributed by atoms with Gasteiger partial charge in [0.05, 0.1) is 16.3 Å². The summed E-state index contributed by atoms with van der Waals surface area (Å²) in [5, 5.41) is 6.24. The fourth-order valence-electron chi connectivity index (χ4n) is 2.52. The Bertz CT molecular complexity index is 682. The van der Waals surface area contributed by atoms with Crippen LogP contribution in [-0.4, -0.2) is 23.5 Å². The zero-order chi connectivity index (χ0) is 16.2. The number of carbonyl (C=O) groups is 1. The van der Waals surface area contributed by atoms with E-state index in [1.807, 2.05) is 31.2 Å². The number of rotatable bonds is 7. The zero-order valence-electron chi connectivity index (χ0n) is 13.1. The number of nitrogens with two attached hydrogens (primary N) is 1. The molecular formula is C17H21N3OS2. The highest BCUT2D eigenvalue weighted by molar-refractivity contribution is 7.98. The van der Waals surface area contributed by atoms with Crippen LogP contribution < -0.4 is 11.1 Å². The lowest BCUT2D eigenvalue weighted by Crippen LogP contribution is -2.41. The molecule has 1 aliphatic carbocycles. The summed E-state index contributed by atoms with van der Waals surface area (Å²) in [5.41, 5.74) is 7.57. The van der Waals surface area contributed by atoms with Crippen LogP contribution in [0.2, 0.25) is 0 Å². The summed E-state index contributed by atoms with van der Waals surface area (Å²) >= 11 is 3.31. The summed E-state index contributed by atoms with van der Waals surface area (Å²) in [6.45, 7) is 2.51. The van der Waals surface area contributed by atoms with E-state index in [0.717, 1.165) is 26.9 Å². The lowest BCUT2D eigenvalue weighted by Gasteiger charge is -2.17. The quantitative estimate of drug-likeness (QED) is 0.755. The van der Waals surface area contributed by atoms with Crippen molar-refractivity contribution in [3.63, 3.8) is 0 Å². The van der Waals surface area contributed by atoms with Gasteiger partial charge < -0.3 is 11.1 Å². The van der Waals surface area contributed by atoms with E-state index in [9.17, 15) is 4.79 Å². The number of aromatic nitrogens is 1. The summed E-state index contributed by atoms with van der Waals surface area (Å²) in [4.78, 5) is 18.1. The number of thioether (sulfide) groups is 1. The minimum Gasteiger partial charge on any atom is -0.348 e. The Hall–Kier alpha value is -1.37. The SMILES string of the molecule is Cc1nc(CSc2ccccc2C(=O)NC(CN)C2CC2)cs1. The Labute approximate surface area is 144 Å². The molecule has 0 bridgehead atoms. The maximum atomic E-state index is 12.6. The van der Waals surface area contributed by atoms with Crippen LogP contribution in [0.1, 0.15) is 33.9 Å². The molecule has 23 heavy (non-hydrogen) atoms. The van der Waals surface area contributed by atoms with E-state index in [1.54, 1.807) is 23.1 Å². The molecule has 1 aromatic carbocycles. The molecule has 1 fully saturated rings. The molecule has 2 aromatic rings. The highest BCUT2D eigenvalue weighted by atomic mass is 32.2. The predicted molar refractivity (Wildman–Crippen MR) is 95.9 cm³/mol. The van der Waals surface area contributed by atoms with Crippen molar-refractivity contribution >= 4 is 29.0 Å². The van der Waals surface area contributed by atoms with Crippen LogP contribution in [0.3, 0.4) is 0 Å². The van der Waals surface area contributed by atoms with E-state index in [4.69, 9.17) is 5.73 Å². The fraction of sp³-hybridized carbons (Fsp3) is 0.412. The second kappa shape index (κ2) is 7.47. The highest BCUT2D eigenvalue weighted by Gasteiger charge is 2.31. The number of hydrogen-bond acceptors (Lipinski definition) is 5. The first-order valence-corrected chi connectivity index (χ1v) is 9.67. The van der Waals surface area contributed by atoms with Gasteiger partial charge in [0.2, 0.25) is 0 Å². The van der Waals surface area contributed by atoms with Crippen molar-refractivity contribution in [3.05, 3.63) is 45.9 Å². The number of benzene rings is 1. The van der Waals surface area contributed by atoms with Gasteiger partial charge in [0.1, 0.15) is 0 Å². The molecule has 1 amide bonds. The van der Waals surface area contributed by atoms with E-state index in [0.29, 0.717) is 12.5 Å². The molecule has 1 unspecified atom stereocenters. The summed E-state index contributed by atoms with van der Waals surface area (Å²) < 4.78 is 0. The number of aryl methyl sites for hydroxylation is 1. The van der Waals surface area contributed by atoms with Crippen molar-refractivity contribution in [3.8, 4) is 0 Å². The Morgan fingerprint density at radius 3 is 2.91 bits per heavy atom. The van der Waals surface area contributed by atoms with Crippen molar-refractivity contribution in [2.45, 2.75) is 36.5 Å². The second-order valence-electron chi connectivity index (χ2n) is 5.80. The molecule has 1 heterocycles. The fourth-order valence-corrected chi connectivity index (χ4v) is 4.18. The molecule has 0 radical (unpaired) electrons. The molecule has 3 rings (SSSR count). The second-order valence-corrected chi connectivity index (χ2v) is 7.88. The van der Waals surface area contributed by atoms with Crippen LogP contribution in [0.15, 0.2) is 34.5 Å². The van der Waals surface area contributed by atoms with Crippen molar-refractivity contribution in [1.82, 2.24) is 10.3 Å². The van der Waals surface area contributed by atoms with Crippen LogP contribution in [0.5, 0.6) is 0 Å². The van der Waals surface area contributed by atoms with Crippen LogP contribution in [-0.2, 0) is 5.75 Å². The van der Waals surface area contributed by atoms with E-state index < -0.39 is 0 Å². The number of thiazole rings is 1. The molecule has 0 saturated heterocycles. The molecule has 122 valence electrons. The molecule has 0 aliphatic heterocycles. The van der Waals surface area contributed by atoms with E-state index in [1.165, 1.54) is 12.8 Å². The number of amides is 1. The minimum atomic E-state index is -0.0232. The maximum Gasteiger partial charge on any atom is 0.252 e. The lowest BCUT2D eigenvalue weighted by molar-refractivity contribution is 0.0930. The van der Waals surface area contributed by atoms with Crippen molar-refractivity contribution < 1.29 is 4.79 Å². The highest BCUT2D eigenvalue weighted by Crippen LogP contribution is 2.33. The van der Waals surface area contributed by atoms with Gasteiger partial charge in [-0.05, 0) is 37.8 Å². The van der Waals surface area contributed by atoms with Crippen LogP contribution in [0.25, 0.3) is 0 Å². The minimum absolute atomic E-state index is 0.0232. The maximum absolute atomic E-state index is 12.6. The number of carbonyl (C=O) groups excluding carboxylic acids is 1. The standard InChI is InChI=1S/C17H21N3OS2/c1-11-19-13(9-22-11)10-23-16-5-3-2-4-14(16)17(21)20-15(8-18)12-6-7-12/h2-5,9,12,15H,6-8,10,18H2,1H3,(H,20,21). The van der Waals surface area contributed by atoms with E-state index >= 15 is 0 Å². The third-order valence-corrected chi connectivity index (χ3v) is 5.86. The molecule has 1 aliphatic rings. The first-order valence-electron chi connectivity index (χ1n) is 7.81. The van der Waals surface area contributed by atoms with Gasteiger partial charge in [-0.2, -0.15) is 0 Å². The average molecular weight is 348 g/mol. The zero-order valence-corrected chi connectivity index (χ0v) is 14.8. The number of hydrogen-bond donors (Lipinski definition) is 2. The first kappa shape index (κ1) is 16.5. The van der Waals surface area contributed by atoms with Gasteiger partial charge in [-0.25, -0.2) is 4.98 Å². The smallest absolute Gasteiger partial charge is 0.252 e. The third-order valence-electron chi connectivity index (χ3n) is 3.94. The largest absolute Gasteiger partial charge is 0.348 e. The van der Waals surface area contributed by atoms with Gasteiger partial charge in [0.25, 0.3) is 5.91 Å². The molecule has 0 spiro atoms. The Morgan fingerprint density at radius 1 is 1.48 bits per heavy atom. The predicted octanol–water partition coefficient (Wildman–Crippen LogP) is 3.21. The van der Waals surface area contributed by atoms with Gasteiger partial charge in [-0.1, -0.05) is 12.1 Å². The molecule has 1 aromatic heterocycles. The van der Waals surface area contributed by atoms with Crippen molar-refractivity contribution in [2.75, 3.05) is 6.54 Å². The Kier molecular flexibility index (Phi) is 5.35. The topological polar surface area (TPSA) is 68.0 Å². The van der Waals surface area contributed by atoms with Crippen LogP contribution >= 0.6 is 23.1 Å². The number of nitrogens with one attached hydrogen (secondary N) is 1. The van der Waals surface area contributed by atoms with Crippen LogP contribution in [0.4, 0.5) is 0 Å². The van der Waals surface area contributed by atoms with E-state index in [2.05, 4.69) is 15.7 Å². The monoisotopic (exact) mass is 347 g/mol. The molecule has 4 nitrogen and oxygen atoms in total. The molecule has 1 atom stereocenters. The average Bonchev–Trinajstić information content (AvgIpc) is 3.32.